The Labute approximate surface area is 139 Å². The van der Waals surface area contributed by atoms with E-state index in [0.29, 0.717) is 10.0 Å². The quantitative estimate of drug-likeness (QED) is 0.788. The summed E-state index contributed by atoms with van der Waals surface area (Å²) in [5, 5.41) is 0.464. The fourth-order valence-corrected chi connectivity index (χ4v) is 2.84. The number of amides is 2. The van der Waals surface area contributed by atoms with Gasteiger partial charge in [0.1, 0.15) is 0 Å². The molecule has 108 valence electrons. The van der Waals surface area contributed by atoms with E-state index in [2.05, 4.69) is 15.9 Å². The lowest BCUT2D eigenvalue weighted by Gasteiger charge is -2.14. The highest BCUT2D eigenvalue weighted by atomic mass is 79.9. The highest BCUT2D eigenvalue weighted by Crippen LogP contribution is 2.40. The first-order chi connectivity index (χ1) is 9.84. The summed E-state index contributed by atoms with van der Waals surface area (Å²) in [6, 6.07) is 7.81. The van der Waals surface area contributed by atoms with Crippen LogP contribution in [0.5, 0.6) is 0 Å². The van der Waals surface area contributed by atoms with Crippen LogP contribution in [0.3, 0.4) is 0 Å². The first-order valence-electron chi connectivity index (χ1n) is 5.71. The SMILES string of the molecule is NC(=O)c1cccc(C(N)=O)c1-c1ccc(Br)c(Cl)c1Cl. The van der Waals surface area contributed by atoms with Gasteiger partial charge < -0.3 is 11.5 Å². The summed E-state index contributed by atoms with van der Waals surface area (Å²) in [6.45, 7) is 0. The summed E-state index contributed by atoms with van der Waals surface area (Å²) in [5.41, 5.74) is 11.7. The smallest absolute Gasteiger partial charge is 0.249 e. The number of rotatable bonds is 3. The topological polar surface area (TPSA) is 86.2 Å². The molecule has 7 heteroatoms. The molecule has 4 N–H and O–H groups in total. The number of halogens is 3. The first-order valence-corrected chi connectivity index (χ1v) is 7.26. The molecule has 0 atom stereocenters. The zero-order valence-corrected chi connectivity index (χ0v) is 13.6. The van der Waals surface area contributed by atoms with Crippen molar-refractivity contribution in [3.63, 3.8) is 0 Å². The van der Waals surface area contributed by atoms with Crippen LogP contribution >= 0.6 is 39.1 Å². The van der Waals surface area contributed by atoms with E-state index in [1.54, 1.807) is 12.1 Å². The number of benzene rings is 2. The molecule has 0 radical (unpaired) electrons. The highest BCUT2D eigenvalue weighted by molar-refractivity contribution is 9.10. The summed E-state index contributed by atoms with van der Waals surface area (Å²) in [4.78, 5) is 23.2. The monoisotopic (exact) mass is 386 g/mol. The molecule has 0 bridgehead atoms. The Morgan fingerprint density at radius 1 is 0.905 bits per heavy atom. The third-order valence-corrected chi connectivity index (χ3v) is 4.67. The highest BCUT2D eigenvalue weighted by Gasteiger charge is 2.21. The zero-order chi connectivity index (χ0) is 15.7. The minimum absolute atomic E-state index is 0.145. The van der Waals surface area contributed by atoms with E-state index in [0.717, 1.165) is 0 Å². The molecule has 4 nitrogen and oxygen atoms in total. The number of primary amides is 2. The number of hydrogen-bond acceptors (Lipinski definition) is 2. The molecule has 2 rings (SSSR count). The Kier molecular flexibility index (Phi) is 4.56. The molecule has 0 spiro atoms. The van der Waals surface area contributed by atoms with Crippen molar-refractivity contribution in [3.05, 3.63) is 56.0 Å². The van der Waals surface area contributed by atoms with Crippen LogP contribution in [0.15, 0.2) is 34.8 Å². The molecule has 2 aromatic carbocycles. The average molecular weight is 388 g/mol. The number of nitrogens with two attached hydrogens (primary N) is 2. The van der Waals surface area contributed by atoms with Crippen LogP contribution in [0, 0.1) is 0 Å². The number of carbonyl (C=O) groups is 2. The van der Waals surface area contributed by atoms with Gasteiger partial charge in [0.05, 0.1) is 10.0 Å². The van der Waals surface area contributed by atoms with Gasteiger partial charge in [-0.15, -0.1) is 0 Å². The van der Waals surface area contributed by atoms with Gasteiger partial charge in [-0.25, -0.2) is 0 Å². The third kappa shape index (κ3) is 2.90. The van der Waals surface area contributed by atoms with Crippen LogP contribution in [0.4, 0.5) is 0 Å². The third-order valence-electron chi connectivity index (χ3n) is 2.90. The van der Waals surface area contributed by atoms with E-state index in [1.165, 1.54) is 18.2 Å². The van der Waals surface area contributed by atoms with Crippen LogP contribution in [-0.2, 0) is 0 Å². The lowest BCUT2D eigenvalue weighted by atomic mass is 9.93. The van der Waals surface area contributed by atoms with E-state index < -0.39 is 11.8 Å². The van der Waals surface area contributed by atoms with Gasteiger partial charge >= 0.3 is 0 Å². The molecule has 2 aromatic rings. The first kappa shape index (κ1) is 15.8. The van der Waals surface area contributed by atoms with E-state index >= 15 is 0 Å². The molecule has 21 heavy (non-hydrogen) atoms. The molecule has 0 saturated heterocycles. The summed E-state index contributed by atoms with van der Waals surface area (Å²) >= 11 is 15.6. The predicted molar refractivity (Wildman–Crippen MR) is 86.6 cm³/mol. The van der Waals surface area contributed by atoms with Gasteiger partial charge in [-0.2, -0.15) is 0 Å². The number of hydrogen-bond donors (Lipinski definition) is 2. The van der Waals surface area contributed by atoms with Crippen molar-refractivity contribution in [1.29, 1.82) is 0 Å². The van der Waals surface area contributed by atoms with Gasteiger partial charge in [-0.3, -0.25) is 9.59 Å². The van der Waals surface area contributed by atoms with E-state index in [-0.39, 0.29) is 26.7 Å². The second-order valence-electron chi connectivity index (χ2n) is 4.18. The van der Waals surface area contributed by atoms with Crippen molar-refractivity contribution in [2.24, 2.45) is 11.5 Å². The summed E-state index contributed by atoms with van der Waals surface area (Å²) in [6.07, 6.45) is 0. The van der Waals surface area contributed by atoms with E-state index in [9.17, 15) is 9.59 Å². The zero-order valence-electron chi connectivity index (χ0n) is 10.5. The second-order valence-corrected chi connectivity index (χ2v) is 5.79. The minimum atomic E-state index is -0.691. The fourth-order valence-electron chi connectivity index (χ4n) is 1.97. The molecule has 2 amide bonds. The molecule has 0 aliphatic heterocycles. The van der Waals surface area contributed by atoms with Gasteiger partial charge in [-0.05, 0) is 34.1 Å². The van der Waals surface area contributed by atoms with Crippen molar-refractivity contribution < 1.29 is 9.59 Å². The molecule has 0 unspecified atom stereocenters. The van der Waals surface area contributed by atoms with Gasteiger partial charge in [0.25, 0.3) is 0 Å². The second kappa shape index (κ2) is 6.05. The molecule has 0 heterocycles. The number of carbonyl (C=O) groups excluding carboxylic acids is 2. The molecule has 0 aromatic heterocycles. The van der Waals surface area contributed by atoms with Gasteiger partial charge in [0, 0.05) is 26.7 Å². The maximum atomic E-state index is 11.6. The Hall–Kier alpha value is -1.56. The van der Waals surface area contributed by atoms with Crippen molar-refractivity contribution in [2.75, 3.05) is 0 Å². The largest absolute Gasteiger partial charge is 0.366 e. The minimum Gasteiger partial charge on any atom is -0.366 e. The van der Waals surface area contributed by atoms with E-state index in [1.807, 2.05) is 0 Å². The van der Waals surface area contributed by atoms with Crippen LogP contribution in [0.2, 0.25) is 10.0 Å². The van der Waals surface area contributed by atoms with E-state index in [4.69, 9.17) is 34.7 Å². The standard InChI is InChI=1S/C14H9BrCl2N2O2/c15-9-5-4-6(11(16)12(9)17)10-7(13(18)20)2-1-3-8(10)14(19)21/h1-5H,(H2,18,20)(H2,19,21). The molecule has 0 aliphatic rings. The maximum absolute atomic E-state index is 11.6. The fraction of sp³-hybridized carbons (Fsp3) is 0. The lowest BCUT2D eigenvalue weighted by Crippen LogP contribution is -2.18. The molecule has 0 saturated carbocycles. The molecule has 0 fully saturated rings. The summed E-state index contributed by atoms with van der Waals surface area (Å²) in [5.74, 6) is -1.38. The Morgan fingerprint density at radius 2 is 1.43 bits per heavy atom. The van der Waals surface area contributed by atoms with Gasteiger partial charge in [0.15, 0.2) is 0 Å². The van der Waals surface area contributed by atoms with Crippen molar-refractivity contribution in [2.45, 2.75) is 0 Å². The summed E-state index contributed by atoms with van der Waals surface area (Å²) < 4.78 is 0.593. The Morgan fingerprint density at radius 3 is 1.90 bits per heavy atom. The van der Waals surface area contributed by atoms with Crippen LogP contribution in [0.1, 0.15) is 20.7 Å². The van der Waals surface area contributed by atoms with Crippen molar-refractivity contribution in [3.8, 4) is 11.1 Å². The Balaban J connectivity index is 2.88. The van der Waals surface area contributed by atoms with Crippen LogP contribution < -0.4 is 11.5 Å². The molecular weight excluding hydrogens is 379 g/mol. The Bertz CT molecular complexity index is 731. The van der Waals surface area contributed by atoms with Crippen molar-refractivity contribution in [1.82, 2.24) is 0 Å². The van der Waals surface area contributed by atoms with Crippen LogP contribution in [-0.4, -0.2) is 11.8 Å². The molecular formula is C14H9BrCl2N2O2. The lowest BCUT2D eigenvalue weighted by molar-refractivity contribution is 0.0999. The predicted octanol–water partition coefficient (Wildman–Crippen LogP) is 3.62. The van der Waals surface area contributed by atoms with Crippen LogP contribution in [0.25, 0.3) is 11.1 Å². The summed E-state index contributed by atoms with van der Waals surface area (Å²) in [7, 11) is 0. The van der Waals surface area contributed by atoms with Crippen molar-refractivity contribution >= 4 is 50.9 Å². The van der Waals surface area contributed by atoms with Gasteiger partial charge in [-0.1, -0.05) is 35.3 Å². The maximum Gasteiger partial charge on any atom is 0.249 e. The average Bonchev–Trinajstić information content (AvgIpc) is 2.44. The molecule has 0 aliphatic carbocycles. The van der Waals surface area contributed by atoms with Gasteiger partial charge in [0.2, 0.25) is 11.8 Å². The normalized spacial score (nSPS) is 10.4.